The monoisotopic (exact) mass is 533 g/mol. The number of carbonyl (C=O) groups is 1. The van der Waals surface area contributed by atoms with Gasteiger partial charge >= 0.3 is 0 Å². The number of piperidine rings is 1. The highest BCUT2D eigenvalue weighted by Gasteiger charge is 2.41. The normalized spacial score (nSPS) is 18.1. The summed E-state index contributed by atoms with van der Waals surface area (Å²) in [7, 11) is 0. The SMILES string of the molecule is CCC(O)(CC)CN1CCC2(CC1)CCN(Cc1ccc(C(=O)N(Cc3ncc[nH]3)Cc3ncc[nH]3)cc1)C2. The van der Waals surface area contributed by atoms with Gasteiger partial charge in [-0.15, -0.1) is 0 Å². The third-order valence-corrected chi connectivity index (χ3v) is 8.95. The second-order valence-electron chi connectivity index (χ2n) is 11.6. The summed E-state index contributed by atoms with van der Waals surface area (Å²) in [5.41, 5.74) is 1.76. The van der Waals surface area contributed by atoms with Crippen LogP contribution in [0.15, 0.2) is 49.1 Å². The fourth-order valence-corrected chi connectivity index (χ4v) is 6.17. The number of β-amino-alcohol motifs (C(OH)–C–C–N with tert-alkyl or cyclic N) is 1. The average molecular weight is 534 g/mol. The first-order valence-corrected chi connectivity index (χ1v) is 14.4. The number of H-pyrrole nitrogens is 2. The Labute approximate surface area is 231 Å². The van der Waals surface area contributed by atoms with Gasteiger partial charge in [0.15, 0.2) is 0 Å². The van der Waals surface area contributed by atoms with Crippen LogP contribution in [0.4, 0.5) is 0 Å². The molecule has 0 atom stereocenters. The van der Waals surface area contributed by atoms with E-state index in [-0.39, 0.29) is 5.91 Å². The van der Waals surface area contributed by atoms with E-state index in [1.807, 2.05) is 12.1 Å². The number of aliphatic hydroxyl groups is 1. The molecule has 9 nitrogen and oxygen atoms in total. The van der Waals surface area contributed by atoms with Crippen molar-refractivity contribution in [1.29, 1.82) is 0 Å². The van der Waals surface area contributed by atoms with Gasteiger partial charge in [-0.05, 0) is 74.8 Å². The first kappa shape index (κ1) is 27.6. The minimum atomic E-state index is -0.547. The average Bonchev–Trinajstić information content (AvgIpc) is 3.74. The lowest BCUT2D eigenvalue weighted by atomic mass is 9.77. The molecule has 0 radical (unpaired) electrons. The van der Waals surface area contributed by atoms with Gasteiger partial charge in [-0.2, -0.15) is 0 Å². The quantitative estimate of drug-likeness (QED) is 0.346. The molecule has 4 heterocycles. The number of benzene rings is 1. The van der Waals surface area contributed by atoms with Crippen molar-refractivity contribution < 1.29 is 9.90 Å². The minimum absolute atomic E-state index is 0.0423. The number of carbonyl (C=O) groups excluding carboxylic acids is 1. The number of nitrogens with zero attached hydrogens (tertiary/aromatic N) is 5. The van der Waals surface area contributed by atoms with Crippen LogP contribution in [0.1, 0.15) is 73.5 Å². The van der Waals surface area contributed by atoms with E-state index < -0.39 is 5.60 Å². The van der Waals surface area contributed by atoms with Gasteiger partial charge in [0.2, 0.25) is 0 Å². The molecule has 1 amide bonds. The number of hydrogen-bond donors (Lipinski definition) is 3. The number of amides is 1. The fourth-order valence-electron chi connectivity index (χ4n) is 6.17. The van der Waals surface area contributed by atoms with Crippen molar-refractivity contribution >= 4 is 5.91 Å². The molecule has 39 heavy (non-hydrogen) atoms. The Hall–Kier alpha value is -3.01. The van der Waals surface area contributed by atoms with Gasteiger partial charge in [0, 0.05) is 50.0 Å². The summed E-state index contributed by atoms with van der Waals surface area (Å²) >= 11 is 0. The molecule has 2 saturated heterocycles. The molecule has 0 unspecified atom stereocenters. The zero-order chi connectivity index (χ0) is 27.3. The molecule has 3 N–H and O–H groups in total. The Bertz CT molecular complexity index is 1130. The number of hydrogen-bond acceptors (Lipinski definition) is 6. The number of aromatic nitrogens is 4. The fraction of sp³-hybridized carbons (Fsp3) is 0.567. The first-order chi connectivity index (χ1) is 18.9. The van der Waals surface area contributed by atoms with E-state index in [0.29, 0.717) is 24.1 Å². The summed E-state index contributed by atoms with van der Waals surface area (Å²) in [6.45, 7) is 11.1. The summed E-state index contributed by atoms with van der Waals surface area (Å²) in [5.74, 6) is 1.44. The van der Waals surface area contributed by atoms with Crippen molar-refractivity contribution in [3.8, 4) is 0 Å². The highest BCUT2D eigenvalue weighted by molar-refractivity contribution is 5.94. The van der Waals surface area contributed by atoms with Gasteiger partial charge < -0.3 is 24.9 Å². The lowest BCUT2D eigenvalue weighted by Gasteiger charge is -2.42. The maximum atomic E-state index is 13.4. The van der Waals surface area contributed by atoms with E-state index in [2.05, 4.69) is 55.7 Å². The van der Waals surface area contributed by atoms with Gasteiger partial charge in [0.25, 0.3) is 5.91 Å². The predicted molar refractivity (Wildman–Crippen MR) is 151 cm³/mol. The van der Waals surface area contributed by atoms with Gasteiger partial charge in [-0.3, -0.25) is 9.69 Å². The topological polar surface area (TPSA) is 104 Å². The maximum Gasteiger partial charge on any atom is 0.254 e. The van der Waals surface area contributed by atoms with Crippen LogP contribution in [0.3, 0.4) is 0 Å². The molecule has 0 aliphatic carbocycles. The molecule has 2 aromatic heterocycles. The molecule has 2 aliphatic heterocycles. The van der Waals surface area contributed by atoms with E-state index in [4.69, 9.17) is 0 Å². The smallest absolute Gasteiger partial charge is 0.254 e. The van der Waals surface area contributed by atoms with Crippen LogP contribution in [-0.2, 0) is 19.6 Å². The highest BCUT2D eigenvalue weighted by atomic mass is 16.3. The molecule has 2 fully saturated rings. The second kappa shape index (κ2) is 12.0. The summed E-state index contributed by atoms with van der Waals surface area (Å²) in [5, 5.41) is 10.8. The summed E-state index contributed by atoms with van der Waals surface area (Å²) < 4.78 is 0. The lowest BCUT2D eigenvalue weighted by molar-refractivity contribution is -0.0196. The minimum Gasteiger partial charge on any atom is -0.389 e. The van der Waals surface area contributed by atoms with E-state index in [9.17, 15) is 9.90 Å². The molecule has 9 heteroatoms. The maximum absolute atomic E-state index is 13.4. The first-order valence-electron chi connectivity index (χ1n) is 14.4. The Morgan fingerprint density at radius 3 is 2.03 bits per heavy atom. The van der Waals surface area contributed by atoms with Crippen molar-refractivity contribution in [2.75, 3.05) is 32.7 Å². The summed E-state index contributed by atoms with van der Waals surface area (Å²) in [6, 6.07) is 8.08. The van der Waals surface area contributed by atoms with Crippen LogP contribution < -0.4 is 0 Å². The molecule has 0 bridgehead atoms. The van der Waals surface area contributed by atoms with Gasteiger partial charge in [-0.1, -0.05) is 26.0 Å². The van der Waals surface area contributed by atoms with E-state index in [0.717, 1.165) is 63.8 Å². The molecule has 3 aromatic rings. The Morgan fingerprint density at radius 1 is 0.949 bits per heavy atom. The Kier molecular flexibility index (Phi) is 8.49. The van der Waals surface area contributed by atoms with Crippen LogP contribution in [-0.4, -0.2) is 84.0 Å². The standard InChI is InChI=1S/C30H43N7O2/c1-3-30(39,4-2)23-35-16-9-29(10-17-35)11-18-36(22-29)19-24-5-7-25(8-6-24)28(38)37(20-26-31-12-13-32-26)21-27-33-14-15-34-27/h5-8,12-15,39H,3-4,9-11,16-23H2,1-2H3,(H,31,32)(H,33,34). The zero-order valence-corrected chi connectivity index (χ0v) is 23.4. The summed E-state index contributed by atoms with van der Waals surface area (Å²) in [4.78, 5) is 35.0. The van der Waals surface area contributed by atoms with E-state index in [1.54, 1.807) is 29.7 Å². The van der Waals surface area contributed by atoms with E-state index >= 15 is 0 Å². The van der Waals surface area contributed by atoms with Crippen LogP contribution in [0.25, 0.3) is 0 Å². The number of rotatable bonds is 11. The largest absolute Gasteiger partial charge is 0.389 e. The number of nitrogens with one attached hydrogen (secondary N) is 2. The van der Waals surface area contributed by atoms with Crippen molar-refractivity contribution in [1.82, 2.24) is 34.6 Å². The number of imidazole rings is 2. The molecule has 1 spiro atoms. The lowest BCUT2D eigenvalue weighted by Crippen LogP contribution is -2.48. The van der Waals surface area contributed by atoms with Crippen molar-refractivity contribution in [2.45, 2.75) is 71.2 Å². The third kappa shape index (κ3) is 6.77. The molecule has 2 aliphatic rings. The Morgan fingerprint density at radius 2 is 1.51 bits per heavy atom. The Balaban J connectivity index is 1.15. The van der Waals surface area contributed by atoms with Gasteiger partial charge in [0.05, 0.1) is 18.7 Å². The van der Waals surface area contributed by atoms with Gasteiger partial charge in [-0.25, -0.2) is 9.97 Å². The van der Waals surface area contributed by atoms with Crippen molar-refractivity contribution in [3.63, 3.8) is 0 Å². The van der Waals surface area contributed by atoms with Crippen molar-refractivity contribution in [2.24, 2.45) is 5.41 Å². The van der Waals surface area contributed by atoms with Crippen LogP contribution >= 0.6 is 0 Å². The molecule has 1 aromatic carbocycles. The van der Waals surface area contributed by atoms with Crippen LogP contribution in [0, 0.1) is 5.41 Å². The van der Waals surface area contributed by atoms with E-state index in [1.165, 1.54) is 24.8 Å². The highest BCUT2D eigenvalue weighted by Crippen LogP contribution is 2.41. The zero-order valence-electron chi connectivity index (χ0n) is 23.4. The van der Waals surface area contributed by atoms with Gasteiger partial charge in [0.1, 0.15) is 11.6 Å². The molecular weight excluding hydrogens is 490 g/mol. The number of aromatic amines is 2. The van der Waals surface area contributed by atoms with Crippen LogP contribution in [0.5, 0.6) is 0 Å². The summed E-state index contributed by atoms with van der Waals surface area (Å²) in [6.07, 6.45) is 12.2. The predicted octanol–water partition coefficient (Wildman–Crippen LogP) is 3.81. The molecular formula is C30H43N7O2. The molecule has 210 valence electrons. The number of likely N-dealkylation sites (tertiary alicyclic amines) is 2. The van der Waals surface area contributed by atoms with Crippen molar-refractivity contribution in [3.05, 3.63) is 71.8 Å². The van der Waals surface area contributed by atoms with Crippen LogP contribution in [0.2, 0.25) is 0 Å². The second-order valence-corrected chi connectivity index (χ2v) is 11.6. The molecule has 0 saturated carbocycles. The third-order valence-electron chi connectivity index (χ3n) is 8.95. The molecule has 5 rings (SSSR count).